The number of benzene rings is 1. The van der Waals surface area contributed by atoms with Gasteiger partial charge in [0.2, 0.25) is 0 Å². The van der Waals surface area contributed by atoms with Gasteiger partial charge in [-0.25, -0.2) is 8.78 Å². The third-order valence-electron chi connectivity index (χ3n) is 4.34. The molecule has 3 nitrogen and oxygen atoms in total. The summed E-state index contributed by atoms with van der Waals surface area (Å²) in [6, 6.07) is 3.37. The average Bonchev–Trinajstić information content (AvgIpc) is 3.29. The Labute approximate surface area is 124 Å². The fourth-order valence-electron chi connectivity index (χ4n) is 2.99. The number of rotatable bonds is 5. The number of hydrogen-bond acceptors (Lipinski definition) is 3. The molecule has 0 amide bonds. The molecule has 116 valence electrons. The molecule has 0 spiro atoms. The second-order valence-electron chi connectivity index (χ2n) is 6.20. The zero-order valence-electron chi connectivity index (χ0n) is 12.1. The predicted octanol–water partition coefficient (Wildman–Crippen LogP) is 2.43. The van der Waals surface area contributed by atoms with Crippen LogP contribution >= 0.6 is 0 Å². The molecule has 2 N–H and O–H groups in total. The highest BCUT2D eigenvalue weighted by molar-refractivity contribution is 5.51. The Kier molecular flexibility index (Phi) is 4.40. The number of nitrogens with zero attached hydrogens (tertiary/aromatic N) is 1. The Balaban J connectivity index is 1.74. The van der Waals surface area contributed by atoms with E-state index < -0.39 is 11.6 Å². The minimum atomic E-state index is -0.499. The van der Waals surface area contributed by atoms with Gasteiger partial charge in [-0.05, 0) is 49.3 Å². The van der Waals surface area contributed by atoms with E-state index in [4.69, 9.17) is 0 Å². The number of piperidine rings is 1. The molecule has 0 aromatic heterocycles. The van der Waals surface area contributed by atoms with E-state index in [-0.39, 0.29) is 18.2 Å². The van der Waals surface area contributed by atoms with E-state index in [2.05, 4.69) is 5.32 Å². The molecule has 0 radical (unpaired) electrons. The molecule has 1 aliphatic heterocycles. The van der Waals surface area contributed by atoms with Gasteiger partial charge < -0.3 is 15.3 Å². The zero-order valence-corrected chi connectivity index (χ0v) is 12.1. The van der Waals surface area contributed by atoms with Crippen LogP contribution in [0.15, 0.2) is 12.1 Å². The van der Waals surface area contributed by atoms with Crippen molar-refractivity contribution in [1.82, 2.24) is 5.32 Å². The van der Waals surface area contributed by atoms with E-state index in [9.17, 15) is 13.9 Å². The first-order valence-electron chi connectivity index (χ1n) is 7.74. The van der Waals surface area contributed by atoms with Crippen molar-refractivity contribution in [2.24, 2.45) is 5.92 Å². The highest BCUT2D eigenvalue weighted by Crippen LogP contribution is 2.29. The second kappa shape index (κ2) is 6.28. The zero-order chi connectivity index (χ0) is 14.8. The van der Waals surface area contributed by atoms with Crippen molar-refractivity contribution in [3.63, 3.8) is 0 Å². The van der Waals surface area contributed by atoms with Crippen LogP contribution in [0.1, 0.15) is 31.2 Å². The Bertz CT molecular complexity index is 482. The maximum absolute atomic E-state index is 14.3. The van der Waals surface area contributed by atoms with Crippen LogP contribution in [0.25, 0.3) is 0 Å². The van der Waals surface area contributed by atoms with Crippen molar-refractivity contribution < 1.29 is 13.9 Å². The normalized spacial score (nSPS) is 22.6. The lowest BCUT2D eigenvalue weighted by atomic mass is 9.98. The molecule has 2 aliphatic rings. The first-order chi connectivity index (χ1) is 10.2. The Hall–Kier alpha value is -1.20. The van der Waals surface area contributed by atoms with Crippen LogP contribution in [-0.4, -0.2) is 30.8 Å². The lowest BCUT2D eigenvalue weighted by Gasteiger charge is -2.34. The Morgan fingerprint density at radius 3 is 2.52 bits per heavy atom. The molecular formula is C16H22F2N2O. The molecule has 1 heterocycles. The number of hydrogen-bond donors (Lipinski definition) is 2. The summed E-state index contributed by atoms with van der Waals surface area (Å²) in [5.41, 5.74) is 0.708. The molecule has 1 atom stereocenters. The maximum atomic E-state index is 14.3. The second-order valence-corrected chi connectivity index (χ2v) is 6.20. The Morgan fingerprint density at radius 2 is 1.90 bits per heavy atom. The third-order valence-corrected chi connectivity index (χ3v) is 4.34. The summed E-state index contributed by atoms with van der Waals surface area (Å²) in [6.07, 6.45) is 4.08. The van der Waals surface area contributed by atoms with E-state index in [0.717, 1.165) is 25.7 Å². The monoisotopic (exact) mass is 296 g/mol. The smallest absolute Gasteiger partial charge is 0.149 e. The van der Waals surface area contributed by atoms with Gasteiger partial charge in [-0.15, -0.1) is 0 Å². The van der Waals surface area contributed by atoms with Crippen molar-refractivity contribution in [2.45, 2.75) is 38.3 Å². The summed E-state index contributed by atoms with van der Waals surface area (Å²) in [4.78, 5) is 1.73. The van der Waals surface area contributed by atoms with Gasteiger partial charge in [-0.2, -0.15) is 0 Å². The van der Waals surface area contributed by atoms with E-state index in [0.29, 0.717) is 31.2 Å². The number of aliphatic hydroxyl groups is 1. The quantitative estimate of drug-likeness (QED) is 0.876. The minimum absolute atomic E-state index is 0.0586. The number of nitrogens with one attached hydrogen (secondary N) is 1. The summed E-state index contributed by atoms with van der Waals surface area (Å²) in [7, 11) is 0. The molecule has 3 rings (SSSR count). The van der Waals surface area contributed by atoms with Crippen molar-refractivity contribution in [2.75, 3.05) is 24.6 Å². The van der Waals surface area contributed by atoms with Gasteiger partial charge >= 0.3 is 0 Å². The van der Waals surface area contributed by atoms with Gasteiger partial charge in [-0.1, -0.05) is 0 Å². The van der Waals surface area contributed by atoms with Gasteiger partial charge in [0.25, 0.3) is 0 Å². The minimum Gasteiger partial charge on any atom is -0.396 e. The van der Waals surface area contributed by atoms with Crippen molar-refractivity contribution in [3.05, 3.63) is 29.3 Å². The third kappa shape index (κ3) is 3.52. The fourth-order valence-corrected chi connectivity index (χ4v) is 2.99. The van der Waals surface area contributed by atoms with Crippen LogP contribution in [-0.2, 0) is 6.54 Å². The van der Waals surface area contributed by atoms with Gasteiger partial charge in [0, 0.05) is 32.3 Å². The summed E-state index contributed by atoms with van der Waals surface area (Å²) in [5, 5.41) is 12.5. The number of anilines is 1. The summed E-state index contributed by atoms with van der Waals surface area (Å²) >= 11 is 0. The van der Waals surface area contributed by atoms with E-state index >= 15 is 0 Å². The first-order valence-corrected chi connectivity index (χ1v) is 7.74. The van der Waals surface area contributed by atoms with Crippen LogP contribution in [0.4, 0.5) is 14.5 Å². The van der Waals surface area contributed by atoms with E-state index in [1.807, 2.05) is 0 Å². The van der Waals surface area contributed by atoms with Gasteiger partial charge in [-0.3, -0.25) is 0 Å². The summed E-state index contributed by atoms with van der Waals surface area (Å²) < 4.78 is 28.6. The molecule has 2 fully saturated rings. The van der Waals surface area contributed by atoms with Gasteiger partial charge in [0.1, 0.15) is 17.3 Å². The van der Waals surface area contributed by atoms with Gasteiger partial charge in [0.15, 0.2) is 0 Å². The maximum Gasteiger partial charge on any atom is 0.149 e. The van der Waals surface area contributed by atoms with Crippen LogP contribution < -0.4 is 10.2 Å². The number of halogens is 2. The van der Waals surface area contributed by atoms with Crippen LogP contribution in [0.3, 0.4) is 0 Å². The molecule has 1 unspecified atom stereocenters. The number of aliphatic hydroxyl groups excluding tert-OH is 1. The van der Waals surface area contributed by atoms with Crippen molar-refractivity contribution in [3.8, 4) is 0 Å². The lowest BCUT2D eigenvalue weighted by Crippen LogP contribution is -2.37. The topological polar surface area (TPSA) is 35.5 Å². The largest absolute Gasteiger partial charge is 0.396 e. The molecule has 1 saturated carbocycles. The molecule has 1 aromatic rings. The fraction of sp³-hybridized carbons (Fsp3) is 0.625. The molecule has 5 heteroatoms. The molecule has 1 aliphatic carbocycles. The molecule has 0 bridgehead atoms. The van der Waals surface area contributed by atoms with Crippen molar-refractivity contribution >= 4 is 5.69 Å². The highest BCUT2D eigenvalue weighted by atomic mass is 19.1. The van der Waals surface area contributed by atoms with Crippen LogP contribution in [0.5, 0.6) is 0 Å². The lowest BCUT2D eigenvalue weighted by molar-refractivity contribution is 0.208. The molecule has 1 saturated heterocycles. The summed E-state index contributed by atoms with van der Waals surface area (Å²) in [5.74, 6) is -0.892. The first kappa shape index (κ1) is 14.7. The van der Waals surface area contributed by atoms with E-state index in [1.165, 1.54) is 12.1 Å². The molecule has 1 aromatic carbocycles. The molecular weight excluding hydrogens is 274 g/mol. The SMILES string of the molecule is OCC1CCCN(c2c(F)cc(CNC3CC3)cc2F)C1. The van der Waals surface area contributed by atoms with Crippen molar-refractivity contribution in [1.29, 1.82) is 0 Å². The predicted molar refractivity (Wildman–Crippen MR) is 78.2 cm³/mol. The molecule has 21 heavy (non-hydrogen) atoms. The Morgan fingerprint density at radius 1 is 1.19 bits per heavy atom. The van der Waals surface area contributed by atoms with Gasteiger partial charge in [0.05, 0.1) is 0 Å². The highest BCUT2D eigenvalue weighted by Gasteiger charge is 2.25. The van der Waals surface area contributed by atoms with Crippen LogP contribution in [0, 0.1) is 17.6 Å². The summed E-state index contributed by atoms with van der Waals surface area (Å²) in [6.45, 7) is 1.75. The van der Waals surface area contributed by atoms with E-state index in [1.54, 1.807) is 4.90 Å². The van der Waals surface area contributed by atoms with Crippen LogP contribution in [0.2, 0.25) is 0 Å². The average molecular weight is 296 g/mol. The standard InChI is InChI=1S/C16H22F2N2O/c17-14-6-12(8-19-13-3-4-13)7-15(18)16(14)20-5-1-2-11(9-20)10-21/h6-7,11,13,19,21H,1-5,8-10H2.